The van der Waals surface area contributed by atoms with Gasteiger partial charge in [0.25, 0.3) is 5.91 Å². The summed E-state index contributed by atoms with van der Waals surface area (Å²) >= 11 is 0. The first-order chi connectivity index (χ1) is 12.2. The molecule has 1 unspecified atom stereocenters. The molecule has 6 heteroatoms. The average molecular weight is 341 g/mol. The van der Waals surface area contributed by atoms with Crippen LogP contribution >= 0.6 is 0 Å². The summed E-state index contributed by atoms with van der Waals surface area (Å²) in [5.41, 5.74) is 3.74. The molecule has 25 heavy (non-hydrogen) atoms. The summed E-state index contributed by atoms with van der Waals surface area (Å²) in [7, 11) is 0. The lowest BCUT2D eigenvalue weighted by molar-refractivity contribution is -0.137. The molecule has 0 radical (unpaired) electrons. The van der Waals surface area contributed by atoms with E-state index in [2.05, 4.69) is 10.3 Å². The largest absolute Gasteiger partial charge is 0.376 e. The van der Waals surface area contributed by atoms with Gasteiger partial charge in [-0.15, -0.1) is 0 Å². The third kappa shape index (κ3) is 2.84. The predicted octanol–water partition coefficient (Wildman–Crippen LogP) is 1.44. The van der Waals surface area contributed by atoms with E-state index in [-0.39, 0.29) is 17.9 Å². The molecule has 3 aliphatic rings. The molecule has 1 aliphatic carbocycles. The minimum absolute atomic E-state index is 0.0571. The fourth-order valence-corrected chi connectivity index (χ4v) is 4.01. The van der Waals surface area contributed by atoms with Crippen LogP contribution in [0, 0.1) is 0 Å². The van der Waals surface area contributed by atoms with Crippen molar-refractivity contribution in [2.45, 2.75) is 51.3 Å². The maximum Gasteiger partial charge on any atom is 0.255 e. The van der Waals surface area contributed by atoms with Gasteiger partial charge in [0.2, 0.25) is 5.91 Å². The monoisotopic (exact) mass is 341 g/mol. The van der Waals surface area contributed by atoms with Gasteiger partial charge in [-0.2, -0.15) is 0 Å². The standard InChI is InChI=1S/C19H23N3O3/c1-2-16(18(23)21-10-13-4-3-9-25-13)22-11-12-7-8-20-15-6-5-14(17(12)15)19(22)24/h5,7-8,13,16H,2-4,6,9-11H2,1H3,(H,21,23)/t13?,16-/m1/s1. The third-order valence-corrected chi connectivity index (χ3v) is 5.31. The minimum atomic E-state index is -0.458. The number of nitrogens with one attached hydrogen (secondary N) is 1. The van der Waals surface area contributed by atoms with E-state index in [0.29, 0.717) is 31.5 Å². The van der Waals surface area contributed by atoms with Crippen LogP contribution < -0.4 is 5.32 Å². The van der Waals surface area contributed by atoms with Crippen molar-refractivity contribution in [2.75, 3.05) is 13.2 Å². The first kappa shape index (κ1) is 16.3. The Labute approximate surface area is 147 Å². The number of hydrogen-bond acceptors (Lipinski definition) is 4. The van der Waals surface area contributed by atoms with Crippen LogP contribution in [-0.2, 0) is 27.3 Å². The van der Waals surface area contributed by atoms with Gasteiger partial charge in [-0.1, -0.05) is 13.0 Å². The molecule has 2 aliphatic heterocycles. The molecule has 0 saturated carbocycles. The molecule has 0 bridgehead atoms. The number of pyridine rings is 1. The fraction of sp³-hybridized carbons (Fsp3) is 0.526. The summed E-state index contributed by atoms with van der Waals surface area (Å²) in [5.74, 6) is -0.152. The zero-order valence-corrected chi connectivity index (χ0v) is 14.5. The second kappa shape index (κ2) is 6.59. The van der Waals surface area contributed by atoms with Crippen LogP contribution in [0.1, 0.15) is 43.0 Å². The smallest absolute Gasteiger partial charge is 0.255 e. The first-order valence-corrected chi connectivity index (χ1v) is 9.06. The van der Waals surface area contributed by atoms with E-state index in [9.17, 15) is 9.59 Å². The van der Waals surface area contributed by atoms with E-state index < -0.39 is 6.04 Å². The molecular formula is C19H23N3O3. The molecule has 2 amide bonds. The number of amides is 2. The van der Waals surface area contributed by atoms with Crippen LogP contribution in [-0.4, -0.2) is 47.0 Å². The van der Waals surface area contributed by atoms with E-state index >= 15 is 0 Å². The van der Waals surface area contributed by atoms with E-state index in [1.54, 1.807) is 11.1 Å². The van der Waals surface area contributed by atoms with E-state index in [4.69, 9.17) is 4.74 Å². The molecule has 2 atom stereocenters. The number of aromatic nitrogens is 1. The molecule has 1 fully saturated rings. The highest BCUT2D eigenvalue weighted by atomic mass is 16.5. The quantitative estimate of drug-likeness (QED) is 0.880. The number of ether oxygens (including phenoxy) is 1. The Morgan fingerprint density at radius 3 is 3.16 bits per heavy atom. The second-order valence-electron chi connectivity index (χ2n) is 6.85. The van der Waals surface area contributed by atoms with Crippen molar-refractivity contribution in [2.24, 2.45) is 0 Å². The van der Waals surface area contributed by atoms with Gasteiger partial charge in [0, 0.05) is 43.5 Å². The Bertz CT molecular complexity index is 737. The van der Waals surface area contributed by atoms with Crippen LogP contribution in [0.15, 0.2) is 18.3 Å². The van der Waals surface area contributed by atoms with E-state index in [0.717, 1.165) is 36.3 Å². The highest BCUT2D eigenvalue weighted by Crippen LogP contribution is 2.36. The maximum absolute atomic E-state index is 12.9. The van der Waals surface area contributed by atoms with Crippen molar-refractivity contribution in [1.29, 1.82) is 0 Å². The van der Waals surface area contributed by atoms with Crippen LogP contribution in [0.3, 0.4) is 0 Å². The lowest BCUT2D eigenvalue weighted by atomic mass is 9.95. The summed E-state index contributed by atoms with van der Waals surface area (Å²) in [6, 6.07) is 1.49. The van der Waals surface area contributed by atoms with Gasteiger partial charge >= 0.3 is 0 Å². The van der Waals surface area contributed by atoms with Gasteiger partial charge in [0.05, 0.1) is 11.8 Å². The van der Waals surface area contributed by atoms with Crippen LogP contribution in [0.2, 0.25) is 0 Å². The molecule has 1 saturated heterocycles. The van der Waals surface area contributed by atoms with Crippen LogP contribution in [0.5, 0.6) is 0 Å². The zero-order valence-electron chi connectivity index (χ0n) is 14.5. The summed E-state index contributed by atoms with van der Waals surface area (Å²) < 4.78 is 5.56. The molecule has 1 aromatic heterocycles. The number of rotatable bonds is 5. The van der Waals surface area contributed by atoms with Gasteiger partial charge in [0.1, 0.15) is 6.04 Å². The van der Waals surface area contributed by atoms with Crippen LogP contribution in [0.25, 0.3) is 5.57 Å². The predicted molar refractivity (Wildman–Crippen MR) is 92.5 cm³/mol. The molecule has 132 valence electrons. The fourth-order valence-electron chi connectivity index (χ4n) is 4.01. The van der Waals surface area contributed by atoms with Crippen molar-refractivity contribution in [3.05, 3.63) is 35.2 Å². The second-order valence-corrected chi connectivity index (χ2v) is 6.85. The molecule has 4 rings (SSSR count). The SMILES string of the molecule is CC[C@H](C(=O)NCC1CCCO1)N1Cc2ccnc3c2C(=CC3)C1=O. The van der Waals surface area contributed by atoms with Gasteiger partial charge in [-0.3, -0.25) is 14.6 Å². The molecule has 6 nitrogen and oxygen atoms in total. The lowest BCUT2D eigenvalue weighted by Crippen LogP contribution is -2.51. The lowest BCUT2D eigenvalue weighted by Gasteiger charge is -2.35. The van der Waals surface area contributed by atoms with Gasteiger partial charge in [-0.05, 0) is 30.9 Å². The number of carbonyl (C=O) groups excluding carboxylic acids is 2. The Morgan fingerprint density at radius 2 is 2.40 bits per heavy atom. The Kier molecular flexibility index (Phi) is 4.29. The number of hydrogen-bond donors (Lipinski definition) is 1. The number of carbonyl (C=O) groups is 2. The summed E-state index contributed by atoms with van der Waals surface area (Å²) in [4.78, 5) is 31.7. The summed E-state index contributed by atoms with van der Waals surface area (Å²) in [6.07, 6.45) is 7.14. The van der Waals surface area contributed by atoms with Crippen molar-refractivity contribution < 1.29 is 14.3 Å². The normalized spacial score (nSPS) is 22.6. The van der Waals surface area contributed by atoms with E-state index in [1.165, 1.54) is 0 Å². The van der Waals surface area contributed by atoms with Crippen molar-refractivity contribution >= 4 is 17.4 Å². The molecule has 1 aromatic rings. The summed E-state index contributed by atoms with van der Waals surface area (Å²) in [5, 5.41) is 2.97. The molecular weight excluding hydrogens is 318 g/mol. The molecule has 0 aromatic carbocycles. The maximum atomic E-state index is 12.9. The molecule has 3 heterocycles. The first-order valence-electron chi connectivity index (χ1n) is 9.06. The number of allylic oxidation sites excluding steroid dienone is 1. The Hall–Kier alpha value is -2.21. The van der Waals surface area contributed by atoms with Gasteiger partial charge in [0.15, 0.2) is 0 Å². The van der Waals surface area contributed by atoms with Crippen molar-refractivity contribution in [1.82, 2.24) is 15.2 Å². The average Bonchev–Trinajstić information content (AvgIpc) is 3.28. The van der Waals surface area contributed by atoms with Crippen molar-refractivity contribution in [3.8, 4) is 0 Å². The summed E-state index contributed by atoms with van der Waals surface area (Å²) in [6.45, 7) is 3.70. The van der Waals surface area contributed by atoms with Gasteiger partial charge < -0.3 is 15.0 Å². The van der Waals surface area contributed by atoms with Gasteiger partial charge in [-0.25, -0.2) is 0 Å². The molecule has 0 spiro atoms. The zero-order chi connectivity index (χ0) is 17.4. The highest BCUT2D eigenvalue weighted by molar-refractivity contribution is 6.22. The van der Waals surface area contributed by atoms with Crippen LogP contribution in [0.4, 0.5) is 0 Å². The van der Waals surface area contributed by atoms with E-state index in [1.807, 2.05) is 19.1 Å². The van der Waals surface area contributed by atoms with Crippen molar-refractivity contribution in [3.63, 3.8) is 0 Å². The topological polar surface area (TPSA) is 71.5 Å². The third-order valence-electron chi connectivity index (χ3n) is 5.31. The minimum Gasteiger partial charge on any atom is -0.376 e. The highest BCUT2D eigenvalue weighted by Gasteiger charge is 2.38. The Morgan fingerprint density at radius 1 is 1.52 bits per heavy atom. The number of nitrogens with zero attached hydrogens (tertiary/aromatic N) is 2. The Balaban J connectivity index is 1.51. The molecule has 1 N–H and O–H groups in total.